The highest BCUT2D eigenvalue weighted by Gasteiger charge is 2.12. The van der Waals surface area contributed by atoms with Crippen molar-refractivity contribution in [3.63, 3.8) is 0 Å². The van der Waals surface area contributed by atoms with Gasteiger partial charge in [0, 0.05) is 16.3 Å². The fourth-order valence-corrected chi connectivity index (χ4v) is 2.88. The van der Waals surface area contributed by atoms with E-state index in [2.05, 4.69) is 9.97 Å². The maximum Gasteiger partial charge on any atom is 0.162 e. The Hall–Kier alpha value is -1.52. The number of halogens is 2. The molecule has 0 N–H and O–H groups in total. The van der Waals surface area contributed by atoms with Crippen molar-refractivity contribution in [2.45, 2.75) is 13.3 Å². The predicted octanol–water partition coefficient (Wildman–Crippen LogP) is 4.71. The van der Waals surface area contributed by atoms with Crippen LogP contribution >= 0.6 is 22.9 Å². The van der Waals surface area contributed by atoms with E-state index in [0.29, 0.717) is 22.8 Å². The van der Waals surface area contributed by atoms with Gasteiger partial charge in [0.15, 0.2) is 5.82 Å². The number of hydrogen-bond donors (Lipinski definition) is 0. The molecule has 19 heavy (non-hydrogen) atoms. The van der Waals surface area contributed by atoms with Crippen LogP contribution in [0.4, 0.5) is 4.39 Å². The molecule has 2 aromatic heterocycles. The zero-order chi connectivity index (χ0) is 13.4. The van der Waals surface area contributed by atoms with Crippen LogP contribution < -0.4 is 0 Å². The molecule has 2 heterocycles. The summed E-state index contributed by atoms with van der Waals surface area (Å²) in [5, 5.41) is 4.78. The van der Waals surface area contributed by atoms with E-state index in [1.54, 1.807) is 11.3 Å². The van der Waals surface area contributed by atoms with Gasteiger partial charge in [-0.3, -0.25) is 0 Å². The van der Waals surface area contributed by atoms with Crippen molar-refractivity contribution in [1.29, 1.82) is 0 Å². The molecule has 0 aliphatic rings. The predicted molar refractivity (Wildman–Crippen MR) is 77.2 cm³/mol. The second-order valence-electron chi connectivity index (χ2n) is 4.16. The van der Waals surface area contributed by atoms with E-state index in [9.17, 15) is 4.39 Å². The molecule has 2 nitrogen and oxygen atoms in total. The van der Waals surface area contributed by atoms with Gasteiger partial charge in [0.1, 0.15) is 11.0 Å². The summed E-state index contributed by atoms with van der Waals surface area (Å²) in [6.45, 7) is 1.97. The molecule has 1 aromatic carbocycles. The standard InChI is InChI=1S/C14H10ClFN2S/c1-2-8-5-10(16)6-11-12(8)17-14(18-13(11)15)9-3-4-19-7-9/h3-7H,2H2,1H3. The monoisotopic (exact) mass is 292 g/mol. The molecule has 0 atom stereocenters. The van der Waals surface area contributed by atoms with Crippen LogP contribution in [0.3, 0.4) is 0 Å². The van der Waals surface area contributed by atoms with E-state index >= 15 is 0 Å². The van der Waals surface area contributed by atoms with Crippen LogP contribution in [0.15, 0.2) is 29.0 Å². The third-order valence-corrected chi connectivity index (χ3v) is 3.93. The van der Waals surface area contributed by atoms with Crippen LogP contribution in [0, 0.1) is 5.82 Å². The fraction of sp³-hybridized carbons (Fsp3) is 0.143. The Balaban J connectivity index is 2.33. The molecule has 5 heteroatoms. The Morgan fingerprint density at radius 1 is 1.32 bits per heavy atom. The van der Waals surface area contributed by atoms with Gasteiger partial charge in [-0.15, -0.1) is 0 Å². The number of benzene rings is 1. The maximum atomic E-state index is 13.5. The molecule has 0 spiro atoms. The summed E-state index contributed by atoms with van der Waals surface area (Å²) in [5.41, 5.74) is 2.50. The molecule has 0 aliphatic carbocycles. The second kappa shape index (κ2) is 4.87. The highest BCUT2D eigenvalue weighted by molar-refractivity contribution is 7.08. The number of thiophene rings is 1. The van der Waals surface area contributed by atoms with E-state index in [0.717, 1.165) is 16.6 Å². The van der Waals surface area contributed by atoms with Crippen molar-refractivity contribution < 1.29 is 4.39 Å². The molecule has 0 saturated carbocycles. The van der Waals surface area contributed by atoms with E-state index in [-0.39, 0.29) is 5.82 Å². The number of fused-ring (bicyclic) bond motifs is 1. The summed E-state index contributed by atoms with van der Waals surface area (Å²) in [4.78, 5) is 8.79. The van der Waals surface area contributed by atoms with Crippen LogP contribution in [-0.4, -0.2) is 9.97 Å². The van der Waals surface area contributed by atoms with Crippen LogP contribution in [0.25, 0.3) is 22.3 Å². The summed E-state index contributed by atoms with van der Waals surface area (Å²) in [5.74, 6) is 0.276. The van der Waals surface area contributed by atoms with E-state index in [4.69, 9.17) is 11.6 Å². The van der Waals surface area contributed by atoms with Crippen molar-refractivity contribution in [1.82, 2.24) is 9.97 Å². The van der Waals surface area contributed by atoms with Gasteiger partial charge >= 0.3 is 0 Å². The van der Waals surface area contributed by atoms with Gasteiger partial charge in [-0.2, -0.15) is 11.3 Å². The highest BCUT2D eigenvalue weighted by atomic mass is 35.5. The highest BCUT2D eigenvalue weighted by Crippen LogP contribution is 2.28. The Labute approximate surface area is 118 Å². The molecular formula is C14H10ClFN2S. The summed E-state index contributed by atoms with van der Waals surface area (Å²) in [6.07, 6.45) is 0.699. The molecule has 96 valence electrons. The smallest absolute Gasteiger partial charge is 0.162 e. The minimum absolute atomic E-state index is 0.292. The van der Waals surface area contributed by atoms with Gasteiger partial charge < -0.3 is 0 Å². The first-order valence-electron chi connectivity index (χ1n) is 5.87. The van der Waals surface area contributed by atoms with Crippen molar-refractivity contribution in [3.05, 3.63) is 45.5 Å². The van der Waals surface area contributed by atoms with Gasteiger partial charge in [-0.25, -0.2) is 14.4 Å². The van der Waals surface area contributed by atoms with Gasteiger partial charge in [0.25, 0.3) is 0 Å². The molecule has 0 bridgehead atoms. The number of rotatable bonds is 2. The maximum absolute atomic E-state index is 13.5. The second-order valence-corrected chi connectivity index (χ2v) is 5.30. The number of aryl methyl sites for hydroxylation is 1. The first-order valence-corrected chi connectivity index (χ1v) is 7.19. The molecule has 3 aromatic rings. The average Bonchev–Trinajstić information content (AvgIpc) is 2.92. The molecule has 0 amide bonds. The third-order valence-electron chi connectivity index (χ3n) is 2.96. The Bertz CT molecular complexity index is 741. The van der Waals surface area contributed by atoms with Crippen molar-refractivity contribution in [2.24, 2.45) is 0 Å². The van der Waals surface area contributed by atoms with E-state index in [1.165, 1.54) is 12.1 Å². The van der Waals surface area contributed by atoms with Gasteiger partial charge in [-0.1, -0.05) is 18.5 Å². The Kier molecular flexibility index (Phi) is 3.21. The van der Waals surface area contributed by atoms with Gasteiger partial charge in [0.2, 0.25) is 0 Å². The lowest BCUT2D eigenvalue weighted by Gasteiger charge is -2.07. The number of nitrogens with zero attached hydrogens (tertiary/aromatic N) is 2. The quantitative estimate of drug-likeness (QED) is 0.639. The van der Waals surface area contributed by atoms with Crippen LogP contribution in [-0.2, 0) is 6.42 Å². The normalized spacial score (nSPS) is 11.1. The minimum Gasteiger partial charge on any atom is -0.228 e. The SMILES string of the molecule is CCc1cc(F)cc2c(Cl)nc(-c3ccsc3)nc12. The summed E-state index contributed by atoms with van der Waals surface area (Å²) < 4.78 is 13.5. The lowest BCUT2D eigenvalue weighted by atomic mass is 10.1. The van der Waals surface area contributed by atoms with Crippen LogP contribution in [0.2, 0.25) is 5.15 Å². The number of aromatic nitrogens is 2. The largest absolute Gasteiger partial charge is 0.228 e. The first-order chi connectivity index (χ1) is 9.19. The molecule has 3 rings (SSSR count). The third kappa shape index (κ3) is 2.22. The topological polar surface area (TPSA) is 25.8 Å². The zero-order valence-corrected chi connectivity index (χ0v) is 11.7. The van der Waals surface area contributed by atoms with Gasteiger partial charge in [0.05, 0.1) is 5.52 Å². The fourth-order valence-electron chi connectivity index (χ4n) is 2.02. The summed E-state index contributed by atoms with van der Waals surface area (Å²) >= 11 is 7.74. The zero-order valence-electron chi connectivity index (χ0n) is 10.2. The van der Waals surface area contributed by atoms with Crippen molar-refractivity contribution in [2.75, 3.05) is 0 Å². The molecule has 0 unspecified atom stereocenters. The van der Waals surface area contributed by atoms with Crippen LogP contribution in [0.5, 0.6) is 0 Å². The number of hydrogen-bond acceptors (Lipinski definition) is 3. The van der Waals surface area contributed by atoms with Crippen LogP contribution in [0.1, 0.15) is 12.5 Å². The summed E-state index contributed by atoms with van der Waals surface area (Å²) in [7, 11) is 0. The lowest BCUT2D eigenvalue weighted by Crippen LogP contribution is -1.96. The molecule has 0 fully saturated rings. The molecular weight excluding hydrogens is 283 g/mol. The molecule has 0 saturated heterocycles. The van der Waals surface area contributed by atoms with E-state index < -0.39 is 0 Å². The van der Waals surface area contributed by atoms with E-state index in [1.807, 2.05) is 23.8 Å². The lowest BCUT2D eigenvalue weighted by molar-refractivity contribution is 0.627. The average molecular weight is 293 g/mol. The summed E-state index contributed by atoms with van der Waals surface area (Å²) in [6, 6.07) is 4.83. The molecule has 0 radical (unpaired) electrons. The first kappa shape index (κ1) is 12.5. The van der Waals surface area contributed by atoms with Gasteiger partial charge in [-0.05, 0) is 35.6 Å². The van der Waals surface area contributed by atoms with Crippen molar-refractivity contribution in [3.8, 4) is 11.4 Å². The minimum atomic E-state index is -0.307. The Morgan fingerprint density at radius 2 is 2.16 bits per heavy atom. The van der Waals surface area contributed by atoms with Crippen molar-refractivity contribution >= 4 is 33.8 Å². The Morgan fingerprint density at radius 3 is 2.84 bits per heavy atom. The molecule has 0 aliphatic heterocycles.